The van der Waals surface area contributed by atoms with E-state index in [1.807, 2.05) is 18.2 Å². The van der Waals surface area contributed by atoms with Gasteiger partial charge in [0.05, 0.1) is 12.8 Å². The van der Waals surface area contributed by atoms with Crippen molar-refractivity contribution in [2.45, 2.75) is 32.7 Å². The third-order valence-electron chi connectivity index (χ3n) is 2.36. The Morgan fingerprint density at radius 1 is 1.47 bits per heavy atom. The number of hydrogen-bond acceptors (Lipinski definition) is 3. The highest BCUT2D eigenvalue weighted by molar-refractivity contribution is 5.62. The highest BCUT2D eigenvalue weighted by Gasteiger charge is 2.03. The molecule has 0 aromatic heterocycles. The molecule has 1 atom stereocenters. The number of ether oxygens (including phenoxy) is 1. The number of anilines is 2. The second-order valence-corrected chi connectivity index (χ2v) is 3.79. The third-order valence-corrected chi connectivity index (χ3v) is 2.36. The Balaban J connectivity index is 2.66. The molecule has 3 heteroatoms. The lowest BCUT2D eigenvalue weighted by Gasteiger charge is -2.15. The van der Waals surface area contributed by atoms with Crippen LogP contribution in [0.4, 0.5) is 11.4 Å². The fourth-order valence-electron chi connectivity index (χ4n) is 1.61. The standard InChI is InChI=1S/C12H20N2O/c1-4-5-9(2)14-10-6-7-12(15-3)11(13)8-10/h6-9,14H,4-5,13H2,1-3H3. The van der Waals surface area contributed by atoms with Crippen LogP contribution in [0.25, 0.3) is 0 Å². The van der Waals surface area contributed by atoms with Crippen molar-refractivity contribution >= 4 is 11.4 Å². The molecule has 0 saturated heterocycles. The van der Waals surface area contributed by atoms with Gasteiger partial charge in [0.1, 0.15) is 5.75 Å². The average Bonchev–Trinajstić information content (AvgIpc) is 2.18. The summed E-state index contributed by atoms with van der Waals surface area (Å²) in [4.78, 5) is 0. The van der Waals surface area contributed by atoms with Gasteiger partial charge in [-0.15, -0.1) is 0 Å². The predicted octanol–water partition coefficient (Wildman–Crippen LogP) is 2.88. The van der Waals surface area contributed by atoms with Crippen LogP contribution in [-0.4, -0.2) is 13.2 Å². The van der Waals surface area contributed by atoms with Crippen molar-refractivity contribution in [3.8, 4) is 5.75 Å². The van der Waals surface area contributed by atoms with Gasteiger partial charge in [-0.3, -0.25) is 0 Å². The van der Waals surface area contributed by atoms with Gasteiger partial charge in [0.2, 0.25) is 0 Å². The molecule has 15 heavy (non-hydrogen) atoms. The fourth-order valence-corrected chi connectivity index (χ4v) is 1.61. The Kier molecular flexibility index (Phi) is 4.28. The molecule has 3 nitrogen and oxygen atoms in total. The van der Waals surface area contributed by atoms with Crippen LogP contribution in [0.3, 0.4) is 0 Å². The monoisotopic (exact) mass is 208 g/mol. The fraction of sp³-hybridized carbons (Fsp3) is 0.500. The minimum Gasteiger partial charge on any atom is -0.495 e. The van der Waals surface area contributed by atoms with E-state index in [4.69, 9.17) is 10.5 Å². The highest BCUT2D eigenvalue weighted by Crippen LogP contribution is 2.25. The van der Waals surface area contributed by atoms with E-state index < -0.39 is 0 Å². The number of nitrogens with one attached hydrogen (secondary N) is 1. The SMILES string of the molecule is CCCC(C)Nc1ccc(OC)c(N)c1. The molecule has 1 aromatic rings. The van der Waals surface area contributed by atoms with E-state index in [0.717, 1.165) is 17.9 Å². The van der Waals surface area contributed by atoms with Crippen molar-refractivity contribution in [3.05, 3.63) is 18.2 Å². The molecule has 0 aliphatic rings. The van der Waals surface area contributed by atoms with Gasteiger partial charge in [-0.05, 0) is 31.5 Å². The van der Waals surface area contributed by atoms with Gasteiger partial charge >= 0.3 is 0 Å². The number of hydrogen-bond donors (Lipinski definition) is 2. The van der Waals surface area contributed by atoms with Gasteiger partial charge in [0.15, 0.2) is 0 Å². The topological polar surface area (TPSA) is 47.3 Å². The summed E-state index contributed by atoms with van der Waals surface area (Å²) in [7, 11) is 1.62. The van der Waals surface area contributed by atoms with Gasteiger partial charge in [-0.2, -0.15) is 0 Å². The first kappa shape index (κ1) is 11.7. The van der Waals surface area contributed by atoms with E-state index in [1.54, 1.807) is 7.11 Å². The molecule has 3 N–H and O–H groups in total. The normalized spacial score (nSPS) is 12.2. The zero-order valence-electron chi connectivity index (χ0n) is 9.71. The summed E-state index contributed by atoms with van der Waals surface area (Å²) in [6.45, 7) is 4.35. The van der Waals surface area contributed by atoms with Crippen LogP contribution >= 0.6 is 0 Å². The summed E-state index contributed by atoms with van der Waals surface area (Å²) >= 11 is 0. The van der Waals surface area contributed by atoms with E-state index in [1.165, 1.54) is 6.42 Å². The van der Waals surface area contributed by atoms with Crippen LogP contribution in [-0.2, 0) is 0 Å². The van der Waals surface area contributed by atoms with E-state index in [9.17, 15) is 0 Å². The van der Waals surface area contributed by atoms with Crippen molar-refractivity contribution in [3.63, 3.8) is 0 Å². The molecule has 84 valence electrons. The summed E-state index contributed by atoms with van der Waals surface area (Å²) in [5, 5.41) is 3.40. The lowest BCUT2D eigenvalue weighted by atomic mass is 10.2. The summed E-state index contributed by atoms with van der Waals surface area (Å²) < 4.78 is 5.10. The molecule has 0 aliphatic heterocycles. The van der Waals surface area contributed by atoms with Crippen LogP contribution in [0.2, 0.25) is 0 Å². The number of benzene rings is 1. The highest BCUT2D eigenvalue weighted by atomic mass is 16.5. The molecule has 0 bridgehead atoms. The summed E-state index contributed by atoms with van der Waals surface area (Å²) in [5.74, 6) is 0.726. The number of nitrogens with two attached hydrogens (primary N) is 1. The quantitative estimate of drug-likeness (QED) is 0.731. The zero-order chi connectivity index (χ0) is 11.3. The van der Waals surface area contributed by atoms with Gasteiger partial charge < -0.3 is 15.8 Å². The van der Waals surface area contributed by atoms with Gasteiger partial charge in [0, 0.05) is 11.7 Å². The first-order chi connectivity index (χ1) is 7.17. The summed E-state index contributed by atoms with van der Waals surface area (Å²) in [5.41, 5.74) is 7.54. The maximum Gasteiger partial charge on any atom is 0.141 e. The minimum atomic E-state index is 0.475. The first-order valence-electron chi connectivity index (χ1n) is 5.37. The molecule has 0 saturated carbocycles. The van der Waals surface area contributed by atoms with E-state index in [-0.39, 0.29) is 0 Å². The third kappa shape index (κ3) is 3.35. The molecular formula is C12H20N2O. The molecule has 1 unspecified atom stereocenters. The molecule has 1 aromatic carbocycles. The van der Waals surface area contributed by atoms with Crippen LogP contribution in [0.1, 0.15) is 26.7 Å². The molecule has 0 amide bonds. The van der Waals surface area contributed by atoms with Crippen LogP contribution in [0.5, 0.6) is 5.75 Å². The van der Waals surface area contributed by atoms with Crippen molar-refractivity contribution in [1.29, 1.82) is 0 Å². The van der Waals surface area contributed by atoms with Crippen LogP contribution in [0.15, 0.2) is 18.2 Å². The minimum absolute atomic E-state index is 0.475. The Hall–Kier alpha value is -1.38. The van der Waals surface area contributed by atoms with Crippen molar-refractivity contribution < 1.29 is 4.74 Å². The van der Waals surface area contributed by atoms with Gasteiger partial charge in [0.25, 0.3) is 0 Å². The number of rotatable bonds is 5. The summed E-state index contributed by atoms with van der Waals surface area (Å²) in [6, 6.07) is 6.26. The average molecular weight is 208 g/mol. The van der Waals surface area contributed by atoms with Crippen molar-refractivity contribution in [2.24, 2.45) is 0 Å². The summed E-state index contributed by atoms with van der Waals surface area (Å²) in [6.07, 6.45) is 2.34. The maximum absolute atomic E-state index is 5.82. The van der Waals surface area contributed by atoms with Crippen molar-refractivity contribution in [1.82, 2.24) is 0 Å². The molecule has 1 rings (SSSR count). The maximum atomic E-state index is 5.82. The first-order valence-corrected chi connectivity index (χ1v) is 5.37. The Morgan fingerprint density at radius 2 is 2.20 bits per heavy atom. The van der Waals surface area contributed by atoms with Gasteiger partial charge in [-0.1, -0.05) is 13.3 Å². The molecule has 0 heterocycles. The van der Waals surface area contributed by atoms with E-state index >= 15 is 0 Å². The number of methoxy groups -OCH3 is 1. The van der Waals surface area contributed by atoms with Crippen molar-refractivity contribution in [2.75, 3.05) is 18.2 Å². The van der Waals surface area contributed by atoms with E-state index in [0.29, 0.717) is 11.7 Å². The van der Waals surface area contributed by atoms with Gasteiger partial charge in [-0.25, -0.2) is 0 Å². The molecule has 0 radical (unpaired) electrons. The lowest BCUT2D eigenvalue weighted by Crippen LogP contribution is -2.14. The second kappa shape index (κ2) is 5.49. The second-order valence-electron chi connectivity index (χ2n) is 3.79. The Morgan fingerprint density at radius 3 is 2.73 bits per heavy atom. The molecule has 0 fully saturated rings. The lowest BCUT2D eigenvalue weighted by molar-refractivity contribution is 0.417. The predicted molar refractivity (Wildman–Crippen MR) is 65.4 cm³/mol. The molecule has 0 spiro atoms. The van der Waals surface area contributed by atoms with Crippen LogP contribution < -0.4 is 15.8 Å². The molecular weight excluding hydrogens is 188 g/mol. The Labute approximate surface area is 91.6 Å². The van der Waals surface area contributed by atoms with Crippen LogP contribution in [0, 0.1) is 0 Å². The Bertz CT molecular complexity index is 312. The smallest absolute Gasteiger partial charge is 0.141 e. The number of nitrogen functional groups attached to an aromatic ring is 1. The largest absolute Gasteiger partial charge is 0.495 e. The van der Waals surface area contributed by atoms with E-state index in [2.05, 4.69) is 19.2 Å². The molecule has 0 aliphatic carbocycles. The zero-order valence-corrected chi connectivity index (χ0v) is 9.71.